The van der Waals surface area contributed by atoms with Gasteiger partial charge in [0.05, 0.1) is 0 Å². The van der Waals surface area contributed by atoms with E-state index in [1.54, 1.807) is 0 Å². The molecule has 0 aromatic carbocycles. The molecule has 0 aromatic rings. The van der Waals surface area contributed by atoms with Gasteiger partial charge < -0.3 is 5.32 Å². The van der Waals surface area contributed by atoms with Gasteiger partial charge in [-0.2, -0.15) is 0 Å². The zero-order valence-corrected chi connectivity index (χ0v) is 5.94. The Balaban J connectivity index is 2.44. The van der Waals surface area contributed by atoms with Crippen LogP contribution < -0.4 is 5.32 Å². The molecule has 3 atom stereocenters. The molecule has 1 aliphatic heterocycles. The van der Waals surface area contributed by atoms with Crippen molar-refractivity contribution in [2.45, 2.75) is 26.8 Å². The van der Waals surface area contributed by atoms with Crippen molar-refractivity contribution in [1.29, 1.82) is 0 Å². The summed E-state index contributed by atoms with van der Waals surface area (Å²) in [6.45, 7) is 8.09. The number of hydrogen-bond acceptors (Lipinski definition) is 1. The lowest BCUT2D eigenvalue weighted by atomic mass is 9.95. The van der Waals surface area contributed by atoms with E-state index in [4.69, 9.17) is 0 Å². The van der Waals surface area contributed by atoms with Crippen molar-refractivity contribution in [1.82, 2.24) is 5.32 Å². The Kier molecular flexibility index (Phi) is 1.57. The van der Waals surface area contributed by atoms with Gasteiger partial charge in [-0.25, -0.2) is 0 Å². The molecular weight excluding hydrogens is 98.1 g/mol. The van der Waals surface area contributed by atoms with Crippen LogP contribution in [0.25, 0.3) is 0 Å². The first-order valence-electron chi connectivity index (χ1n) is 3.45. The molecular formula is C7H15N. The van der Waals surface area contributed by atoms with Crippen LogP contribution in [0.4, 0.5) is 0 Å². The molecule has 1 saturated heterocycles. The van der Waals surface area contributed by atoms with Crippen LogP contribution in [0.15, 0.2) is 0 Å². The average molecular weight is 113 g/mol. The van der Waals surface area contributed by atoms with Crippen LogP contribution in [0.5, 0.6) is 0 Å². The minimum atomic E-state index is 0.741. The molecule has 0 aromatic heterocycles. The van der Waals surface area contributed by atoms with Crippen molar-refractivity contribution in [2.75, 3.05) is 6.54 Å². The lowest BCUT2D eigenvalue weighted by Gasteiger charge is -2.10. The summed E-state index contributed by atoms with van der Waals surface area (Å²) in [6.07, 6.45) is 0. The zero-order valence-electron chi connectivity index (χ0n) is 5.94. The highest BCUT2D eigenvalue weighted by molar-refractivity contribution is 4.81. The normalized spacial score (nSPS) is 47.6. The van der Waals surface area contributed by atoms with Gasteiger partial charge in [0.15, 0.2) is 0 Å². The molecule has 0 spiro atoms. The van der Waals surface area contributed by atoms with Gasteiger partial charge in [0.25, 0.3) is 0 Å². The van der Waals surface area contributed by atoms with Crippen molar-refractivity contribution in [3.05, 3.63) is 0 Å². The SMILES string of the molecule is CC1NC[C@@H](C)[C@@H]1C. The summed E-state index contributed by atoms with van der Waals surface area (Å²) in [4.78, 5) is 0. The first kappa shape index (κ1) is 6.09. The summed E-state index contributed by atoms with van der Waals surface area (Å²) in [5, 5.41) is 3.42. The fourth-order valence-corrected chi connectivity index (χ4v) is 1.24. The lowest BCUT2D eigenvalue weighted by Crippen LogP contribution is -2.20. The monoisotopic (exact) mass is 113 g/mol. The van der Waals surface area contributed by atoms with Crippen molar-refractivity contribution >= 4 is 0 Å². The van der Waals surface area contributed by atoms with Crippen molar-refractivity contribution in [2.24, 2.45) is 11.8 Å². The molecule has 48 valence electrons. The highest BCUT2D eigenvalue weighted by atomic mass is 14.9. The van der Waals surface area contributed by atoms with Gasteiger partial charge in [-0.3, -0.25) is 0 Å². The smallest absolute Gasteiger partial charge is 0.00674 e. The quantitative estimate of drug-likeness (QED) is 0.498. The van der Waals surface area contributed by atoms with E-state index in [1.165, 1.54) is 6.54 Å². The van der Waals surface area contributed by atoms with Gasteiger partial charge in [0, 0.05) is 6.04 Å². The van der Waals surface area contributed by atoms with E-state index in [9.17, 15) is 0 Å². The average Bonchev–Trinajstić information content (AvgIpc) is 1.98. The third kappa shape index (κ3) is 0.873. The van der Waals surface area contributed by atoms with E-state index in [0.29, 0.717) is 0 Å². The summed E-state index contributed by atoms with van der Waals surface area (Å²) in [5.74, 6) is 1.75. The molecule has 1 rings (SSSR count). The maximum Gasteiger partial charge on any atom is 0.00674 e. The predicted molar refractivity (Wildman–Crippen MR) is 35.8 cm³/mol. The maximum absolute atomic E-state index is 3.42. The summed E-state index contributed by atoms with van der Waals surface area (Å²) in [6, 6.07) is 0.741. The zero-order chi connectivity index (χ0) is 6.15. The van der Waals surface area contributed by atoms with Crippen LogP contribution in [0.3, 0.4) is 0 Å². The van der Waals surface area contributed by atoms with E-state index in [1.807, 2.05) is 0 Å². The van der Waals surface area contributed by atoms with Crippen LogP contribution in [0.2, 0.25) is 0 Å². The molecule has 1 nitrogen and oxygen atoms in total. The van der Waals surface area contributed by atoms with Crippen LogP contribution >= 0.6 is 0 Å². The van der Waals surface area contributed by atoms with Crippen molar-refractivity contribution in [3.8, 4) is 0 Å². The predicted octanol–water partition coefficient (Wildman–Crippen LogP) is 1.25. The van der Waals surface area contributed by atoms with Gasteiger partial charge in [-0.1, -0.05) is 13.8 Å². The summed E-state index contributed by atoms with van der Waals surface area (Å²) in [7, 11) is 0. The van der Waals surface area contributed by atoms with Crippen LogP contribution in [-0.4, -0.2) is 12.6 Å². The second-order valence-corrected chi connectivity index (χ2v) is 3.03. The highest BCUT2D eigenvalue weighted by Crippen LogP contribution is 2.19. The molecule has 0 bridgehead atoms. The molecule has 1 aliphatic rings. The van der Waals surface area contributed by atoms with E-state index in [-0.39, 0.29) is 0 Å². The Morgan fingerprint density at radius 2 is 1.88 bits per heavy atom. The summed E-state index contributed by atoms with van der Waals surface area (Å²) < 4.78 is 0. The summed E-state index contributed by atoms with van der Waals surface area (Å²) in [5.41, 5.74) is 0. The maximum atomic E-state index is 3.42. The molecule has 0 amide bonds. The molecule has 0 radical (unpaired) electrons. The van der Waals surface area contributed by atoms with Crippen molar-refractivity contribution < 1.29 is 0 Å². The Hall–Kier alpha value is -0.0400. The Labute approximate surface area is 51.5 Å². The molecule has 1 heteroatoms. The van der Waals surface area contributed by atoms with Crippen LogP contribution in [-0.2, 0) is 0 Å². The molecule has 1 heterocycles. The second kappa shape index (κ2) is 2.06. The fraction of sp³-hybridized carbons (Fsp3) is 1.00. The largest absolute Gasteiger partial charge is 0.314 e. The third-order valence-corrected chi connectivity index (χ3v) is 2.45. The first-order valence-corrected chi connectivity index (χ1v) is 3.45. The standard InChI is InChI=1S/C7H15N/c1-5-4-8-7(3)6(5)2/h5-8H,4H2,1-3H3/t5-,6+,7?/m1/s1. The number of hydrogen-bond donors (Lipinski definition) is 1. The van der Waals surface area contributed by atoms with E-state index in [0.717, 1.165) is 17.9 Å². The molecule has 0 aliphatic carbocycles. The van der Waals surface area contributed by atoms with Gasteiger partial charge in [0.1, 0.15) is 0 Å². The van der Waals surface area contributed by atoms with Gasteiger partial charge in [-0.15, -0.1) is 0 Å². The molecule has 8 heavy (non-hydrogen) atoms. The molecule has 0 saturated carbocycles. The Morgan fingerprint density at radius 1 is 1.25 bits per heavy atom. The minimum absolute atomic E-state index is 0.741. The van der Waals surface area contributed by atoms with E-state index in [2.05, 4.69) is 26.1 Å². The molecule has 1 unspecified atom stereocenters. The molecule has 1 fully saturated rings. The Bertz CT molecular complexity index is 70.5. The first-order chi connectivity index (χ1) is 3.72. The molecule has 1 N–H and O–H groups in total. The number of rotatable bonds is 0. The van der Waals surface area contributed by atoms with Gasteiger partial charge in [0.2, 0.25) is 0 Å². The minimum Gasteiger partial charge on any atom is -0.314 e. The topological polar surface area (TPSA) is 12.0 Å². The van der Waals surface area contributed by atoms with Gasteiger partial charge in [-0.05, 0) is 25.3 Å². The van der Waals surface area contributed by atoms with E-state index < -0.39 is 0 Å². The lowest BCUT2D eigenvalue weighted by molar-refractivity contribution is 0.436. The van der Waals surface area contributed by atoms with Crippen LogP contribution in [0.1, 0.15) is 20.8 Å². The summed E-state index contributed by atoms with van der Waals surface area (Å²) >= 11 is 0. The Morgan fingerprint density at radius 3 is 2.00 bits per heavy atom. The van der Waals surface area contributed by atoms with Gasteiger partial charge >= 0.3 is 0 Å². The van der Waals surface area contributed by atoms with Crippen LogP contribution in [0, 0.1) is 11.8 Å². The second-order valence-electron chi connectivity index (χ2n) is 3.03. The number of nitrogens with one attached hydrogen (secondary N) is 1. The van der Waals surface area contributed by atoms with Crippen molar-refractivity contribution in [3.63, 3.8) is 0 Å². The fourth-order valence-electron chi connectivity index (χ4n) is 1.24. The highest BCUT2D eigenvalue weighted by Gasteiger charge is 2.24. The third-order valence-electron chi connectivity index (χ3n) is 2.45. The van der Waals surface area contributed by atoms with E-state index >= 15 is 0 Å².